The fraction of sp³-hybridized carbons (Fsp3) is 0.917. The monoisotopic (exact) mass is 254 g/mol. The van der Waals surface area contributed by atoms with E-state index in [2.05, 4.69) is 0 Å². The molecule has 102 valence electrons. The predicted octanol–water partition coefficient (Wildman–Crippen LogP) is -0.208. The largest absolute Gasteiger partial charge is 0.437 e. The first-order valence-electron chi connectivity index (χ1n) is 6.97. The van der Waals surface area contributed by atoms with E-state index in [4.69, 9.17) is 0 Å². The summed E-state index contributed by atoms with van der Waals surface area (Å²) in [4.78, 5) is 16.2. The number of piperidine rings is 2. The van der Waals surface area contributed by atoms with Crippen molar-refractivity contribution in [3.63, 3.8) is 0 Å². The lowest BCUT2D eigenvalue weighted by atomic mass is 9.80. The van der Waals surface area contributed by atoms with Crippen molar-refractivity contribution in [1.29, 1.82) is 0 Å². The van der Waals surface area contributed by atoms with Gasteiger partial charge in [0.1, 0.15) is 0 Å². The average Bonchev–Trinajstić information content (AvgIpc) is 2.39. The molecule has 0 atom stereocenters. The third-order valence-electron chi connectivity index (χ3n) is 4.18. The maximum atomic E-state index is 12.3. The minimum absolute atomic E-state index is 0.107. The second kappa shape index (κ2) is 6.04. The molecule has 0 radical (unpaired) electrons. The number of aliphatic hydroxyl groups excluding tert-OH is 1. The van der Waals surface area contributed by atoms with E-state index < -0.39 is 7.05 Å². The van der Waals surface area contributed by atoms with Gasteiger partial charge in [-0.05, 0) is 45.6 Å². The van der Waals surface area contributed by atoms with Gasteiger partial charge in [-0.25, -0.2) is 0 Å². The van der Waals surface area contributed by atoms with Gasteiger partial charge in [0.25, 0.3) is 0 Å². The number of likely N-dealkylation sites (tertiary alicyclic amines) is 1. The zero-order chi connectivity index (χ0) is 13.1. The number of hydrogen-bond acceptors (Lipinski definition) is 4. The van der Waals surface area contributed by atoms with Crippen molar-refractivity contribution in [2.24, 2.45) is 5.92 Å². The van der Waals surface area contributed by atoms with E-state index in [1.54, 1.807) is 6.82 Å². The van der Waals surface area contributed by atoms with Crippen LogP contribution in [0.3, 0.4) is 0 Å². The number of hydrogen-bond donors (Lipinski definition) is 2. The Kier molecular flexibility index (Phi) is 4.64. The Morgan fingerprint density at radius 2 is 1.67 bits per heavy atom. The van der Waals surface area contributed by atoms with Crippen molar-refractivity contribution >= 4 is 13.0 Å². The van der Waals surface area contributed by atoms with E-state index in [1.165, 1.54) is 0 Å². The van der Waals surface area contributed by atoms with Crippen LogP contribution in [0.2, 0.25) is 6.82 Å². The van der Waals surface area contributed by atoms with Crippen molar-refractivity contribution < 1.29 is 14.9 Å². The SMILES string of the molecule is CB(O)N1CCC(C(=O)N2CCC(O)CC2)CC1. The second-order valence-corrected chi connectivity index (χ2v) is 5.50. The molecule has 0 aliphatic carbocycles. The summed E-state index contributed by atoms with van der Waals surface area (Å²) >= 11 is 0. The number of aliphatic hydroxyl groups is 1. The summed E-state index contributed by atoms with van der Waals surface area (Å²) in [6, 6.07) is 0. The van der Waals surface area contributed by atoms with Crippen LogP contribution in [0.5, 0.6) is 0 Å². The highest BCUT2D eigenvalue weighted by Gasteiger charge is 2.31. The number of amides is 1. The standard InChI is InChI=1S/C12H23BN2O3/c1-13(18)15-8-2-10(3-9-15)12(17)14-6-4-11(16)5-7-14/h10-11,16,18H,2-9H2,1H3. The molecule has 2 N–H and O–H groups in total. The fourth-order valence-electron chi connectivity index (χ4n) is 2.86. The van der Waals surface area contributed by atoms with Crippen molar-refractivity contribution in [3.8, 4) is 0 Å². The second-order valence-electron chi connectivity index (χ2n) is 5.50. The van der Waals surface area contributed by atoms with Crippen molar-refractivity contribution in [1.82, 2.24) is 9.71 Å². The van der Waals surface area contributed by atoms with Gasteiger partial charge in [0.15, 0.2) is 0 Å². The molecule has 2 aliphatic rings. The highest BCUT2D eigenvalue weighted by atomic mass is 16.3. The molecule has 18 heavy (non-hydrogen) atoms. The van der Waals surface area contributed by atoms with Crippen LogP contribution < -0.4 is 0 Å². The van der Waals surface area contributed by atoms with Gasteiger partial charge in [0, 0.05) is 19.0 Å². The number of carbonyl (C=O) groups is 1. The summed E-state index contributed by atoms with van der Waals surface area (Å²) < 4.78 is 0. The van der Waals surface area contributed by atoms with Gasteiger partial charge in [0.2, 0.25) is 5.91 Å². The zero-order valence-electron chi connectivity index (χ0n) is 11.1. The van der Waals surface area contributed by atoms with Crippen LogP contribution in [0, 0.1) is 5.92 Å². The lowest BCUT2D eigenvalue weighted by molar-refractivity contribution is -0.138. The minimum atomic E-state index is -0.411. The maximum absolute atomic E-state index is 12.3. The van der Waals surface area contributed by atoms with Crippen LogP contribution in [0.4, 0.5) is 0 Å². The molecule has 5 nitrogen and oxygen atoms in total. The van der Waals surface area contributed by atoms with Crippen LogP contribution in [0.1, 0.15) is 25.7 Å². The van der Waals surface area contributed by atoms with Gasteiger partial charge in [0.05, 0.1) is 6.10 Å². The van der Waals surface area contributed by atoms with E-state index >= 15 is 0 Å². The molecule has 0 saturated carbocycles. The van der Waals surface area contributed by atoms with Crippen LogP contribution in [0.15, 0.2) is 0 Å². The van der Waals surface area contributed by atoms with E-state index in [-0.39, 0.29) is 17.9 Å². The first-order valence-corrected chi connectivity index (χ1v) is 6.97. The molecular weight excluding hydrogens is 231 g/mol. The van der Waals surface area contributed by atoms with E-state index in [0.717, 1.165) is 25.9 Å². The summed E-state index contributed by atoms with van der Waals surface area (Å²) in [5.41, 5.74) is 0. The summed E-state index contributed by atoms with van der Waals surface area (Å²) in [6.45, 7) is 4.75. The molecule has 0 aromatic carbocycles. The molecule has 0 unspecified atom stereocenters. The summed E-state index contributed by atoms with van der Waals surface area (Å²) in [7, 11) is -0.411. The third kappa shape index (κ3) is 3.25. The Labute approximate surface area is 109 Å². The van der Waals surface area contributed by atoms with Crippen LogP contribution in [-0.4, -0.2) is 65.1 Å². The highest BCUT2D eigenvalue weighted by Crippen LogP contribution is 2.22. The molecule has 2 saturated heterocycles. The Bertz CT molecular complexity index is 285. The van der Waals surface area contributed by atoms with Crippen molar-refractivity contribution in [3.05, 3.63) is 0 Å². The molecule has 2 aliphatic heterocycles. The number of nitrogens with zero attached hydrogens (tertiary/aromatic N) is 2. The van der Waals surface area contributed by atoms with Gasteiger partial charge < -0.3 is 19.8 Å². The quantitative estimate of drug-likeness (QED) is 0.669. The Hall–Kier alpha value is -0.585. The highest BCUT2D eigenvalue weighted by molar-refractivity contribution is 6.45. The van der Waals surface area contributed by atoms with E-state index in [1.807, 2.05) is 9.71 Å². The van der Waals surface area contributed by atoms with Gasteiger partial charge in [-0.1, -0.05) is 0 Å². The molecule has 2 heterocycles. The van der Waals surface area contributed by atoms with E-state index in [0.29, 0.717) is 25.9 Å². The molecule has 2 rings (SSSR count). The molecule has 0 bridgehead atoms. The molecule has 0 spiro atoms. The number of rotatable bonds is 2. The van der Waals surface area contributed by atoms with Crippen LogP contribution in [-0.2, 0) is 4.79 Å². The molecule has 6 heteroatoms. The summed E-state index contributed by atoms with van der Waals surface area (Å²) in [6.07, 6.45) is 2.85. The first kappa shape index (κ1) is 13.8. The van der Waals surface area contributed by atoms with Crippen LogP contribution in [0.25, 0.3) is 0 Å². The smallest absolute Gasteiger partial charge is 0.376 e. The summed E-state index contributed by atoms with van der Waals surface area (Å²) in [5, 5.41) is 18.9. The predicted molar refractivity (Wildman–Crippen MR) is 70.0 cm³/mol. The van der Waals surface area contributed by atoms with Gasteiger partial charge in [-0.3, -0.25) is 4.79 Å². The van der Waals surface area contributed by atoms with Crippen molar-refractivity contribution in [2.45, 2.75) is 38.6 Å². The van der Waals surface area contributed by atoms with Gasteiger partial charge in [-0.15, -0.1) is 0 Å². The Balaban J connectivity index is 1.80. The third-order valence-corrected chi connectivity index (χ3v) is 4.18. The minimum Gasteiger partial charge on any atom is -0.437 e. The van der Waals surface area contributed by atoms with Gasteiger partial charge >= 0.3 is 7.05 Å². The maximum Gasteiger partial charge on any atom is 0.376 e. The molecule has 0 aromatic rings. The van der Waals surface area contributed by atoms with E-state index in [9.17, 15) is 14.9 Å². The van der Waals surface area contributed by atoms with Crippen LogP contribution >= 0.6 is 0 Å². The Morgan fingerprint density at radius 1 is 1.11 bits per heavy atom. The molecular formula is C12H23BN2O3. The van der Waals surface area contributed by atoms with Gasteiger partial charge in [-0.2, -0.15) is 0 Å². The fourth-order valence-corrected chi connectivity index (χ4v) is 2.86. The van der Waals surface area contributed by atoms with Crippen molar-refractivity contribution in [2.75, 3.05) is 26.2 Å². The molecule has 1 amide bonds. The molecule has 2 fully saturated rings. The topological polar surface area (TPSA) is 64.0 Å². The lowest BCUT2D eigenvalue weighted by Gasteiger charge is -2.36. The summed E-state index contributed by atoms with van der Waals surface area (Å²) in [5.74, 6) is 0.349. The normalized spacial score (nSPS) is 24.3. The molecule has 0 aromatic heterocycles. The lowest BCUT2D eigenvalue weighted by Crippen LogP contribution is -2.48. The first-order chi connectivity index (χ1) is 8.58. The zero-order valence-corrected chi connectivity index (χ0v) is 11.1. The average molecular weight is 254 g/mol. The number of carbonyl (C=O) groups excluding carboxylic acids is 1. The Morgan fingerprint density at radius 3 is 2.17 bits per heavy atom.